The van der Waals surface area contributed by atoms with Gasteiger partial charge in [-0.25, -0.2) is 9.97 Å². The molecule has 0 atom stereocenters. The van der Waals surface area contributed by atoms with Crippen LogP contribution >= 0.6 is 0 Å². The van der Waals surface area contributed by atoms with Gasteiger partial charge in [0.25, 0.3) is 0 Å². The summed E-state index contributed by atoms with van der Waals surface area (Å²) in [7, 11) is 1.89. The summed E-state index contributed by atoms with van der Waals surface area (Å²) < 4.78 is 1.76. The highest BCUT2D eigenvalue weighted by molar-refractivity contribution is 5.91. The molecule has 0 aliphatic rings. The molecule has 26 heavy (non-hydrogen) atoms. The van der Waals surface area contributed by atoms with Crippen LogP contribution in [0.2, 0.25) is 0 Å². The molecule has 2 N–H and O–H groups in total. The second-order valence-electron chi connectivity index (χ2n) is 6.21. The molecule has 4 aromatic heterocycles. The number of benzene rings is 1. The van der Waals surface area contributed by atoms with Crippen LogP contribution in [0.25, 0.3) is 44.9 Å². The van der Waals surface area contributed by atoms with Crippen molar-refractivity contribution in [3.05, 3.63) is 67.3 Å². The summed E-state index contributed by atoms with van der Waals surface area (Å²) in [6.07, 6.45) is 7.45. The maximum Gasteiger partial charge on any atom is 0.178 e. The number of pyridine rings is 1. The molecule has 0 aliphatic heterocycles. The third-order valence-electron chi connectivity index (χ3n) is 4.48. The summed E-state index contributed by atoms with van der Waals surface area (Å²) in [6, 6.07) is 14.6. The molecule has 5 aromatic rings. The Morgan fingerprint density at radius 2 is 1.81 bits per heavy atom. The first-order valence-corrected chi connectivity index (χ1v) is 8.36. The van der Waals surface area contributed by atoms with Crippen LogP contribution in [0.5, 0.6) is 0 Å². The van der Waals surface area contributed by atoms with Crippen LogP contribution < -0.4 is 0 Å². The van der Waals surface area contributed by atoms with Crippen molar-refractivity contribution in [2.45, 2.75) is 0 Å². The standard InChI is InChI=1S/C20H16N6/c1-26-12-15(11-23-26)19-24-18-16(8-10-22-20(18)25-19)13-4-6-14(7-5-13)17-3-2-9-21-17/h2-12,21H,1H3,(H,22,24,25). The summed E-state index contributed by atoms with van der Waals surface area (Å²) in [6.45, 7) is 0. The summed E-state index contributed by atoms with van der Waals surface area (Å²) in [5.41, 5.74) is 7.04. The topological polar surface area (TPSA) is 75.2 Å². The van der Waals surface area contributed by atoms with E-state index in [9.17, 15) is 0 Å². The molecule has 0 aliphatic carbocycles. The fraction of sp³-hybridized carbons (Fsp3) is 0.0500. The molecule has 1 aromatic carbocycles. The second kappa shape index (κ2) is 5.70. The van der Waals surface area contributed by atoms with Gasteiger partial charge in [0, 0.05) is 36.9 Å². The molecule has 0 amide bonds. The molecule has 5 rings (SSSR count). The number of hydrogen-bond acceptors (Lipinski definition) is 3. The van der Waals surface area contributed by atoms with Crippen molar-refractivity contribution >= 4 is 11.2 Å². The van der Waals surface area contributed by atoms with Crippen LogP contribution in [0.3, 0.4) is 0 Å². The van der Waals surface area contributed by atoms with Crippen molar-refractivity contribution < 1.29 is 0 Å². The van der Waals surface area contributed by atoms with Crippen LogP contribution in [0.1, 0.15) is 0 Å². The quantitative estimate of drug-likeness (QED) is 0.521. The highest BCUT2D eigenvalue weighted by Gasteiger charge is 2.12. The summed E-state index contributed by atoms with van der Waals surface area (Å²) >= 11 is 0. The fourth-order valence-electron chi connectivity index (χ4n) is 3.17. The highest BCUT2D eigenvalue weighted by Crippen LogP contribution is 2.29. The highest BCUT2D eigenvalue weighted by atomic mass is 15.2. The zero-order chi connectivity index (χ0) is 17.5. The molecule has 0 fully saturated rings. The lowest BCUT2D eigenvalue weighted by atomic mass is 10.0. The van der Waals surface area contributed by atoms with E-state index in [4.69, 9.17) is 0 Å². The van der Waals surface area contributed by atoms with Gasteiger partial charge in [-0.1, -0.05) is 24.3 Å². The number of aromatic amines is 2. The molecular weight excluding hydrogens is 324 g/mol. The Labute approximate surface area is 149 Å². The van der Waals surface area contributed by atoms with E-state index in [0.717, 1.165) is 39.3 Å². The molecule has 126 valence electrons. The van der Waals surface area contributed by atoms with Crippen LogP contribution in [0.15, 0.2) is 67.3 Å². The van der Waals surface area contributed by atoms with Crippen molar-refractivity contribution in [3.63, 3.8) is 0 Å². The van der Waals surface area contributed by atoms with E-state index in [1.165, 1.54) is 0 Å². The van der Waals surface area contributed by atoms with Crippen molar-refractivity contribution in [2.24, 2.45) is 7.05 Å². The average Bonchev–Trinajstić information content (AvgIpc) is 3.41. The van der Waals surface area contributed by atoms with E-state index in [-0.39, 0.29) is 0 Å². The predicted molar refractivity (Wildman–Crippen MR) is 101 cm³/mol. The number of hydrogen-bond donors (Lipinski definition) is 2. The predicted octanol–water partition coefficient (Wildman–Crippen LogP) is 4.02. The van der Waals surface area contributed by atoms with Gasteiger partial charge < -0.3 is 9.97 Å². The molecule has 6 nitrogen and oxygen atoms in total. The van der Waals surface area contributed by atoms with E-state index in [1.54, 1.807) is 17.1 Å². The number of imidazole rings is 1. The lowest BCUT2D eigenvalue weighted by Crippen LogP contribution is -1.84. The molecule has 0 saturated heterocycles. The van der Waals surface area contributed by atoms with Gasteiger partial charge >= 0.3 is 0 Å². The minimum absolute atomic E-state index is 0.704. The monoisotopic (exact) mass is 340 g/mol. The van der Waals surface area contributed by atoms with Crippen LogP contribution in [0.4, 0.5) is 0 Å². The number of aromatic nitrogens is 6. The van der Waals surface area contributed by atoms with Crippen molar-refractivity contribution in [1.29, 1.82) is 0 Å². The Hall–Kier alpha value is -3.67. The van der Waals surface area contributed by atoms with Gasteiger partial charge in [-0.3, -0.25) is 4.68 Å². The van der Waals surface area contributed by atoms with Gasteiger partial charge in [0.2, 0.25) is 0 Å². The third kappa shape index (κ3) is 2.39. The molecule has 6 heteroatoms. The molecule has 0 radical (unpaired) electrons. The number of rotatable bonds is 3. The van der Waals surface area contributed by atoms with Crippen LogP contribution in [-0.4, -0.2) is 29.7 Å². The zero-order valence-electron chi connectivity index (χ0n) is 14.1. The Balaban J connectivity index is 1.59. The third-order valence-corrected chi connectivity index (χ3v) is 4.48. The van der Waals surface area contributed by atoms with Crippen molar-refractivity contribution in [2.75, 3.05) is 0 Å². The number of H-pyrrole nitrogens is 2. The average molecular weight is 340 g/mol. The lowest BCUT2D eigenvalue weighted by molar-refractivity contribution is 0.768. The van der Waals surface area contributed by atoms with Crippen LogP contribution in [0, 0.1) is 0 Å². The molecular formula is C20H16N6. The summed E-state index contributed by atoms with van der Waals surface area (Å²) in [4.78, 5) is 15.7. The Morgan fingerprint density at radius 1 is 0.962 bits per heavy atom. The first-order chi connectivity index (χ1) is 12.8. The van der Waals surface area contributed by atoms with Gasteiger partial charge in [-0.2, -0.15) is 5.10 Å². The van der Waals surface area contributed by atoms with E-state index in [1.807, 2.05) is 31.6 Å². The van der Waals surface area contributed by atoms with E-state index < -0.39 is 0 Å². The first kappa shape index (κ1) is 14.7. The summed E-state index contributed by atoms with van der Waals surface area (Å²) in [5, 5.41) is 4.21. The largest absolute Gasteiger partial charge is 0.361 e. The Bertz CT molecular complexity index is 1180. The number of nitrogens with one attached hydrogen (secondary N) is 2. The van der Waals surface area contributed by atoms with Gasteiger partial charge in [0.05, 0.1) is 17.3 Å². The molecule has 4 heterocycles. The maximum absolute atomic E-state index is 4.62. The van der Waals surface area contributed by atoms with Crippen molar-refractivity contribution in [1.82, 2.24) is 29.7 Å². The molecule has 0 bridgehead atoms. The number of nitrogens with zero attached hydrogens (tertiary/aromatic N) is 4. The fourth-order valence-corrected chi connectivity index (χ4v) is 3.17. The first-order valence-electron chi connectivity index (χ1n) is 8.36. The SMILES string of the molecule is Cn1cc(-c2nc3nccc(-c4ccc(-c5ccc[nH]5)cc4)c3[nH]2)cn1. The molecule has 0 saturated carbocycles. The van der Waals surface area contributed by atoms with Crippen LogP contribution in [-0.2, 0) is 7.05 Å². The minimum Gasteiger partial charge on any atom is -0.361 e. The number of fused-ring (bicyclic) bond motifs is 1. The summed E-state index contributed by atoms with van der Waals surface area (Å²) in [5.74, 6) is 0.774. The van der Waals surface area contributed by atoms with Gasteiger partial charge in [-0.05, 0) is 29.3 Å². The van der Waals surface area contributed by atoms with Gasteiger partial charge in [0.15, 0.2) is 5.65 Å². The smallest absolute Gasteiger partial charge is 0.178 e. The van der Waals surface area contributed by atoms with E-state index >= 15 is 0 Å². The maximum atomic E-state index is 4.62. The van der Waals surface area contributed by atoms with E-state index in [2.05, 4.69) is 55.4 Å². The second-order valence-corrected chi connectivity index (χ2v) is 6.21. The Morgan fingerprint density at radius 3 is 2.54 bits per heavy atom. The minimum atomic E-state index is 0.704. The Kier molecular flexibility index (Phi) is 3.21. The zero-order valence-corrected chi connectivity index (χ0v) is 14.1. The van der Waals surface area contributed by atoms with E-state index in [0.29, 0.717) is 5.65 Å². The molecule has 0 spiro atoms. The lowest BCUT2D eigenvalue weighted by Gasteiger charge is -2.04. The van der Waals surface area contributed by atoms with Gasteiger partial charge in [-0.15, -0.1) is 0 Å². The molecule has 0 unspecified atom stereocenters. The van der Waals surface area contributed by atoms with Crippen molar-refractivity contribution in [3.8, 4) is 33.8 Å². The normalized spacial score (nSPS) is 11.3. The number of aryl methyl sites for hydroxylation is 1. The van der Waals surface area contributed by atoms with Gasteiger partial charge in [0.1, 0.15) is 5.82 Å².